The molecule has 21 heavy (non-hydrogen) atoms. The smallest absolute Gasteiger partial charge is 0.305 e. The molecule has 1 amide bonds. The molecule has 1 aliphatic carbocycles. The van der Waals surface area contributed by atoms with E-state index >= 15 is 0 Å². The van der Waals surface area contributed by atoms with Gasteiger partial charge >= 0.3 is 5.97 Å². The fourth-order valence-electron chi connectivity index (χ4n) is 3.04. The number of methoxy groups -OCH3 is 1. The van der Waals surface area contributed by atoms with Gasteiger partial charge in [0.15, 0.2) is 0 Å². The van der Waals surface area contributed by atoms with Crippen LogP contribution in [0.3, 0.4) is 0 Å². The summed E-state index contributed by atoms with van der Waals surface area (Å²) in [5, 5.41) is 11.0. The van der Waals surface area contributed by atoms with Crippen LogP contribution in [0.5, 0.6) is 5.75 Å². The van der Waals surface area contributed by atoms with Crippen LogP contribution in [0.15, 0.2) is 11.4 Å². The van der Waals surface area contributed by atoms with Crippen molar-refractivity contribution in [2.75, 3.05) is 14.2 Å². The number of carbonyl (C=O) groups excluding carboxylic acids is 1. The summed E-state index contributed by atoms with van der Waals surface area (Å²) in [5.41, 5.74) is -0.557. The first-order chi connectivity index (χ1) is 9.98. The van der Waals surface area contributed by atoms with E-state index in [0.29, 0.717) is 10.6 Å². The number of aliphatic carboxylic acids is 1. The van der Waals surface area contributed by atoms with Crippen LogP contribution in [0.4, 0.5) is 0 Å². The Morgan fingerprint density at radius 2 is 2.05 bits per heavy atom. The van der Waals surface area contributed by atoms with Crippen LogP contribution >= 0.6 is 11.3 Å². The van der Waals surface area contributed by atoms with E-state index in [1.165, 1.54) is 11.3 Å². The van der Waals surface area contributed by atoms with E-state index in [1.54, 1.807) is 30.5 Å². The second-order valence-electron chi connectivity index (χ2n) is 5.57. The first-order valence-electron chi connectivity index (χ1n) is 7.11. The largest absolute Gasteiger partial charge is 0.496 e. The molecule has 0 radical (unpaired) electrons. The number of thiophene rings is 1. The number of rotatable bonds is 5. The highest BCUT2D eigenvalue weighted by Gasteiger charge is 2.41. The van der Waals surface area contributed by atoms with Crippen molar-refractivity contribution in [1.29, 1.82) is 0 Å². The molecular formula is C15H21NO4S. The molecule has 1 aliphatic rings. The molecule has 6 heteroatoms. The van der Waals surface area contributed by atoms with E-state index in [4.69, 9.17) is 4.74 Å². The Balaban J connectivity index is 2.22. The van der Waals surface area contributed by atoms with Gasteiger partial charge in [0.25, 0.3) is 5.91 Å². The van der Waals surface area contributed by atoms with E-state index in [1.807, 2.05) is 0 Å². The van der Waals surface area contributed by atoms with Gasteiger partial charge in [-0.2, -0.15) is 0 Å². The Kier molecular flexibility index (Phi) is 4.88. The lowest BCUT2D eigenvalue weighted by Gasteiger charge is -2.43. The number of carboxylic acid groups (broad SMARTS) is 1. The molecule has 0 atom stereocenters. The molecule has 1 aromatic rings. The first-order valence-corrected chi connectivity index (χ1v) is 7.99. The third-order valence-corrected chi connectivity index (χ3v) is 5.20. The minimum atomic E-state index is -0.847. The predicted octanol–water partition coefficient (Wildman–Crippen LogP) is 3.01. The van der Waals surface area contributed by atoms with Gasteiger partial charge in [-0.1, -0.05) is 19.3 Å². The average molecular weight is 311 g/mol. The Bertz CT molecular complexity index is 519. The van der Waals surface area contributed by atoms with Crippen LogP contribution in [-0.4, -0.2) is 41.6 Å². The highest BCUT2D eigenvalue weighted by molar-refractivity contribution is 7.12. The van der Waals surface area contributed by atoms with Gasteiger partial charge in [-0.25, -0.2) is 0 Å². The van der Waals surface area contributed by atoms with Crippen LogP contribution in [0, 0.1) is 0 Å². The predicted molar refractivity (Wildman–Crippen MR) is 81.0 cm³/mol. The van der Waals surface area contributed by atoms with Gasteiger partial charge in [-0.15, -0.1) is 11.3 Å². The van der Waals surface area contributed by atoms with Crippen LogP contribution < -0.4 is 4.74 Å². The van der Waals surface area contributed by atoms with Crippen LogP contribution in [-0.2, 0) is 4.79 Å². The zero-order valence-electron chi connectivity index (χ0n) is 12.4. The summed E-state index contributed by atoms with van der Waals surface area (Å²) in [6.07, 6.45) is 4.57. The highest BCUT2D eigenvalue weighted by Crippen LogP contribution is 2.37. The van der Waals surface area contributed by atoms with Crippen molar-refractivity contribution < 1.29 is 19.4 Å². The van der Waals surface area contributed by atoms with Crippen molar-refractivity contribution in [3.8, 4) is 5.75 Å². The van der Waals surface area contributed by atoms with Crippen LogP contribution in [0.2, 0.25) is 0 Å². The third kappa shape index (κ3) is 3.37. The maximum Gasteiger partial charge on any atom is 0.305 e. The average Bonchev–Trinajstić information content (AvgIpc) is 2.95. The molecule has 1 heterocycles. The van der Waals surface area contributed by atoms with Gasteiger partial charge in [-0.05, 0) is 12.8 Å². The molecule has 1 aromatic heterocycles. The van der Waals surface area contributed by atoms with E-state index in [-0.39, 0.29) is 12.3 Å². The molecule has 116 valence electrons. The molecule has 1 saturated carbocycles. The number of carbonyl (C=O) groups is 2. The maximum atomic E-state index is 12.6. The summed E-state index contributed by atoms with van der Waals surface area (Å²) in [4.78, 5) is 26.1. The first kappa shape index (κ1) is 15.8. The topological polar surface area (TPSA) is 66.8 Å². The quantitative estimate of drug-likeness (QED) is 0.907. The van der Waals surface area contributed by atoms with Crippen molar-refractivity contribution >= 4 is 23.2 Å². The van der Waals surface area contributed by atoms with Gasteiger partial charge in [0.1, 0.15) is 5.75 Å². The zero-order chi connectivity index (χ0) is 15.5. The molecular weight excluding hydrogens is 290 g/mol. The SMILES string of the molecule is COc1csc(C(=O)N(C)C2(CC(=O)O)CCCCC2)c1. The second kappa shape index (κ2) is 6.47. The lowest BCUT2D eigenvalue weighted by molar-refractivity contribution is -0.140. The Labute approximate surface area is 128 Å². The van der Waals surface area contributed by atoms with Gasteiger partial charge in [0.2, 0.25) is 0 Å². The summed E-state index contributed by atoms with van der Waals surface area (Å²) in [5.74, 6) is -0.306. The van der Waals surface area contributed by atoms with Crippen molar-refractivity contribution in [2.45, 2.75) is 44.1 Å². The fraction of sp³-hybridized carbons (Fsp3) is 0.600. The van der Waals surface area contributed by atoms with Crippen molar-refractivity contribution in [3.63, 3.8) is 0 Å². The molecule has 0 saturated heterocycles. The highest BCUT2D eigenvalue weighted by atomic mass is 32.1. The number of hydrogen-bond acceptors (Lipinski definition) is 4. The second-order valence-corrected chi connectivity index (χ2v) is 6.48. The molecule has 1 N–H and O–H groups in total. The lowest BCUT2D eigenvalue weighted by Crippen LogP contribution is -2.51. The standard InChI is InChI=1S/C15H21NO4S/c1-16(14(19)12-8-11(20-2)10-21-12)15(9-13(17)18)6-4-3-5-7-15/h8,10H,3-7,9H2,1-2H3,(H,17,18). The van der Waals surface area contributed by atoms with Crippen LogP contribution in [0.25, 0.3) is 0 Å². The molecule has 2 rings (SSSR count). The summed E-state index contributed by atoms with van der Waals surface area (Å²) >= 11 is 1.33. The monoisotopic (exact) mass is 311 g/mol. The number of nitrogens with zero attached hydrogens (tertiary/aromatic N) is 1. The van der Waals surface area contributed by atoms with Crippen molar-refractivity contribution in [2.24, 2.45) is 0 Å². The van der Waals surface area contributed by atoms with Crippen molar-refractivity contribution in [1.82, 2.24) is 4.90 Å². The molecule has 5 nitrogen and oxygen atoms in total. The van der Waals surface area contributed by atoms with E-state index in [2.05, 4.69) is 0 Å². The maximum absolute atomic E-state index is 12.6. The van der Waals surface area contributed by atoms with E-state index in [0.717, 1.165) is 32.1 Å². The number of hydrogen-bond donors (Lipinski definition) is 1. The van der Waals surface area contributed by atoms with Gasteiger partial charge in [0, 0.05) is 18.5 Å². The molecule has 0 aliphatic heterocycles. The summed E-state index contributed by atoms with van der Waals surface area (Å²) in [6, 6.07) is 1.71. The minimum Gasteiger partial charge on any atom is -0.496 e. The summed E-state index contributed by atoms with van der Waals surface area (Å²) in [6.45, 7) is 0. The molecule has 0 aromatic carbocycles. The summed E-state index contributed by atoms with van der Waals surface area (Å²) in [7, 11) is 3.29. The number of ether oxygens (including phenoxy) is 1. The van der Waals surface area contributed by atoms with Gasteiger partial charge in [-0.3, -0.25) is 9.59 Å². The fourth-order valence-corrected chi connectivity index (χ4v) is 3.87. The van der Waals surface area contributed by atoms with E-state index in [9.17, 15) is 14.7 Å². The third-order valence-electron chi connectivity index (χ3n) is 4.30. The van der Waals surface area contributed by atoms with Crippen LogP contribution in [0.1, 0.15) is 48.2 Å². The van der Waals surface area contributed by atoms with Gasteiger partial charge in [0.05, 0.1) is 23.9 Å². The van der Waals surface area contributed by atoms with Crippen molar-refractivity contribution in [3.05, 3.63) is 16.3 Å². The molecule has 0 spiro atoms. The van der Waals surface area contributed by atoms with Gasteiger partial charge < -0.3 is 14.7 Å². The Hall–Kier alpha value is -1.56. The Morgan fingerprint density at radius 3 is 2.57 bits per heavy atom. The summed E-state index contributed by atoms with van der Waals surface area (Å²) < 4.78 is 5.11. The number of amides is 1. The Morgan fingerprint density at radius 1 is 1.38 bits per heavy atom. The molecule has 0 unspecified atom stereocenters. The zero-order valence-corrected chi connectivity index (χ0v) is 13.2. The lowest BCUT2D eigenvalue weighted by atomic mass is 9.78. The normalized spacial score (nSPS) is 17.2. The molecule has 1 fully saturated rings. The molecule has 0 bridgehead atoms. The minimum absolute atomic E-state index is 0.0117. The van der Waals surface area contributed by atoms with E-state index < -0.39 is 11.5 Å². The number of carboxylic acids is 1.